The highest BCUT2D eigenvalue weighted by molar-refractivity contribution is 6.44. The van der Waals surface area contributed by atoms with E-state index in [0.29, 0.717) is 16.4 Å². The third kappa shape index (κ3) is 6.11. The first-order valence-electron chi connectivity index (χ1n) is 8.19. The van der Waals surface area contributed by atoms with Crippen LogP contribution in [0.4, 0.5) is 11.4 Å². The van der Waals surface area contributed by atoms with Gasteiger partial charge in [-0.25, -0.2) is 0 Å². The van der Waals surface area contributed by atoms with Crippen molar-refractivity contribution in [1.82, 2.24) is 4.90 Å². The number of halogens is 3. The van der Waals surface area contributed by atoms with Gasteiger partial charge in [0.15, 0.2) is 0 Å². The zero-order chi connectivity index (χ0) is 20.1. The molecule has 144 valence electrons. The maximum Gasteiger partial charge on any atom is 0.241 e. The highest BCUT2D eigenvalue weighted by Crippen LogP contribution is 2.32. The van der Waals surface area contributed by atoms with Gasteiger partial charge in [-0.2, -0.15) is 0 Å². The van der Waals surface area contributed by atoms with Crippen LogP contribution < -0.4 is 10.6 Å². The molecule has 2 N–H and O–H groups in total. The van der Waals surface area contributed by atoms with Crippen molar-refractivity contribution in [2.75, 3.05) is 24.2 Å². The van der Waals surface area contributed by atoms with Crippen molar-refractivity contribution < 1.29 is 9.59 Å². The van der Waals surface area contributed by atoms with Crippen LogP contribution in [0.2, 0.25) is 15.1 Å². The first-order chi connectivity index (χ1) is 12.7. The van der Waals surface area contributed by atoms with E-state index < -0.39 is 6.04 Å². The first-order valence-corrected chi connectivity index (χ1v) is 9.33. The van der Waals surface area contributed by atoms with Crippen LogP contribution >= 0.6 is 34.8 Å². The average molecular weight is 429 g/mol. The summed E-state index contributed by atoms with van der Waals surface area (Å²) in [7, 11) is 1.69. The van der Waals surface area contributed by atoms with Crippen molar-refractivity contribution in [3.63, 3.8) is 0 Å². The summed E-state index contributed by atoms with van der Waals surface area (Å²) in [6.45, 7) is 3.72. The van der Waals surface area contributed by atoms with E-state index in [-0.39, 0.29) is 28.4 Å². The van der Waals surface area contributed by atoms with E-state index in [2.05, 4.69) is 10.6 Å². The smallest absolute Gasteiger partial charge is 0.241 e. The number of hydrogen-bond acceptors (Lipinski definition) is 3. The van der Waals surface area contributed by atoms with Crippen LogP contribution in [0.3, 0.4) is 0 Å². The molecule has 27 heavy (non-hydrogen) atoms. The predicted octanol–water partition coefficient (Wildman–Crippen LogP) is 4.85. The van der Waals surface area contributed by atoms with E-state index in [1.54, 1.807) is 18.9 Å². The molecule has 2 aromatic carbocycles. The lowest BCUT2D eigenvalue weighted by Gasteiger charge is -2.23. The van der Waals surface area contributed by atoms with Gasteiger partial charge in [-0.15, -0.1) is 0 Å². The molecule has 0 saturated carbocycles. The first kappa shape index (κ1) is 21.5. The average Bonchev–Trinajstić information content (AvgIpc) is 2.60. The van der Waals surface area contributed by atoms with Gasteiger partial charge in [-0.1, -0.05) is 52.5 Å². The van der Waals surface area contributed by atoms with E-state index in [4.69, 9.17) is 34.8 Å². The van der Waals surface area contributed by atoms with Gasteiger partial charge in [0.1, 0.15) is 0 Å². The van der Waals surface area contributed by atoms with Crippen LogP contribution in [0.5, 0.6) is 0 Å². The summed E-state index contributed by atoms with van der Waals surface area (Å²) in [5, 5.41) is 6.37. The Hall–Kier alpha value is -1.79. The lowest BCUT2D eigenvalue weighted by atomic mass is 10.2. The van der Waals surface area contributed by atoms with Crippen LogP contribution in [0.25, 0.3) is 0 Å². The Morgan fingerprint density at radius 3 is 2.22 bits per heavy atom. The molecular formula is C19H20Cl3N3O2. The summed E-state index contributed by atoms with van der Waals surface area (Å²) < 4.78 is 0. The highest BCUT2D eigenvalue weighted by Gasteiger charge is 2.21. The number of likely N-dealkylation sites (N-methyl/N-ethyl adjacent to an activating group) is 1. The third-order valence-corrected chi connectivity index (χ3v) is 5.07. The second-order valence-corrected chi connectivity index (χ2v) is 7.46. The van der Waals surface area contributed by atoms with Crippen molar-refractivity contribution in [2.24, 2.45) is 0 Å². The van der Waals surface area contributed by atoms with Crippen LogP contribution in [0.1, 0.15) is 12.5 Å². The van der Waals surface area contributed by atoms with Crippen molar-refractivity contribution in [2.45, 2.75) is 19.9 Å². The number of carbonyl (C=O) groups excluding carboxylic acids is 2. The minimum atomic E-state index is -0.570. The zero-order valence-electron chi connectivity index (χ0n) is 15.1. The molecule has 0 aliphatic heterocycles. The Morgan fingerprint density at radius 1 is 1.00 bits per heavy atom. The summed E-state index contributed by atoms with van der Waals surface area (Å²) in [4.78, 5) is 26.3. The molecule has 2 aromatic rings. The molecule has 0 aromatic heterocycles. The molecule has 0 aliphatic rings. The van der Waals surface area contributed by atoms with Crippen molar-refractivity contribution in [3.8, 4) is 0 Å². The molecule has 1 unspecified atom stereocenters. The lowest BCUT2D eigenvalue weighted by molar-refractivity contribution is -0.122. The standard InChI is InChI=1S/C19H20Cl3N3O2/c1-11-4-6-13(7-5-11)23-18(26)10-25(3)12(2)19(27)24-17-9-15(21)14(20)8-16(17)22/h4-9,12H,10H2,1-3H3,(H,23,26)(H,24,27). The lowest BCUT2D eigenvalue weighted by Crippen LogP contribution is -2.43. The van der Waals surface area contributed by atoms with E-state index in [0.717, 1.165) is 5.56 Å². The van der Waals surface area contributed by atoms with Gasteiger partial charge >= 0.3 is 0 Å². The Labute approximate surface area is 173 Å². The Kier molecular flexibility index (Phi) is 7.50. The van der Waals surface area contributed by atoms with Gasteiger partial charge in [0, 0.05) is 5.69 Å². The molecule has 0 aliphatic carbocycles. The van der Waals surface area contributed by atoms with Gasteiger partial charge in [0.25, 0.3) is 0 Å². The molecule has 5 nitrogen and oxygen atoms in total. The summed E-state index contributed by atoms with van der Waals surface area (Å²) in [6, 6.07) is 9.86. The predicted molar refractivity (Wildman–Crippen MR) is 112 cm³/mol. The number of anilines is 2. The fourth-order valence-electron chi connectivity index (χ4n) is 2.26. The number of nitrogens with one attached hydrogen (secondary N) is 2. The maximum absolute atomic E-state index is 12.5. The Balaban J connectivity index is 1.94. The largest absolute Gasteiger partial charge is 0.325 e. The van der Waals surface area contributed by atoms with Gasteiger partial charge in [-0.3, -0.25) is 14.5 Å². The summed E-state index contributed by atoms with van der Waals surface area (Å²) in [5.74, 6) is -0.533. The number of amides is 2. The number of benzene rings is 2. The molecule has 0 heterocycles. The van der Waals surface area contributed by atoms with E-state index in [9.17, 15) is 9.59 Å². The second kappa shape index (κ2) is 9.42. The number of hydrogen-bond donors (Lipinski definition) is 2. The summed E-state index contributed by atoms with van der Waals surface area (Å²) >= 11 is 17.9. The van der Waals surface area contributed by atoms with Crippen LogP contribution in [0.15, 0.2) is 36.4 Å². The summed E-state index contributed by atoms with van der Waals surface area (Å²) in [6.07, 6.45) is 0. The van der Waals surface area contributed by atoms with Gasteiger partial charge < -0.3 is 10.6 Å². The normalized spacial score (nSPS) is 12.0. The third-order valence-electron chi connectivity index (χ3n) is 4.04. The highest BCUT2D eigenvalue weighted by atomic mass is 35.5. The maximum atomic E-state index is 12.5. The number of nitrogens with zero attached hydrogens (tertiary/aromatic N) is 1. The number of rotatable bonds is 6. The summed E-state index contributed by atoms with van der Waals surface area (Å²) in [5.41, 5.74) is 2.18. The van der Waals surface area contributed by atoms with E-state index in [1.807, 2.05) is 31.2 Å². The molecule has 1 atom stereocenters. The molecule has 0 radical (unpaired) electrons. The van der Waals surface area contributed by atoms with Gasteiger partial charge in [0.2, 0.25) is 11.8 Å². The van der Waals surface area contributed by atoms with Crippen LogP contribution in [-0.4, -0.2) is 36.3 Å². The molecule has 0 fully saturated rings. The van der Waals surface area contributed by atoms with E-state index in [1.165, 1.54) is 12.1 Å². The molecule has 0 spiro atoms. The zero-order valence-corrected chi connectivity index (χ0v) is 17.4. The van der Waals surface area contributed by atoms with Crippen molar-refractivity contribution in [1.29, 1.82) is 0 Å². The van der Waals surface area contributed by atoms with Crippen molar-refractivity contribution >= 4 is 58.0 Å². The molecular weight excluding hydrogens is 409 g/mol. The fourth-order valence-corrected chi connectivity index (χ4v) is 2.85. The van der Waals surface area contributed by atoms with Crippen LogP contribution in [-0.2, 0) is 9.59 Å². The number of aryl methyl sites for hydroxylation is 1. The molecule has 0 saturated heterocycles. The Morgan fingerprint density at radius 2 is 1.59 bits per heavy atom. The van der Waals surface area contributed by atoms with E-state index >= 15 is 0 Å². The quantitative estimate of drug-likeness (QED) is 0.646. The minimum Gasteiger partial charge on any atom is -0.325 e. The number of carbonyl (C=O) groups is 2. The second-order valence-electron chi connectivity index (χ2n) is 6.24. The molecule has 0 bridgehead atoms. The molecule has 8 heteroatoms. The van der Waals surface area contributed by atoms with Gasteiger partial charge in [0.05, 0.1) is 33.3 Å². The van der Waals surface area contributed by atoms with Crippen LogP contribution in [0, 0.1) is 6.92 Å². The Bertz CT molecular complexity index is 841. The van der Waals surface area contributed by atoms with Crippen molar-refractivity contribution in [3.05, 3.63) is 57.0 Å². The van der Waals surface area contributed by atoms with Gasteiger partial charge in [-0.05, 0) is 45.2 Å². The fraction of sp³-hybridized carbons (Fsp3) is 0.263. The molecule has 2 rings (SSSR count). The monoisotopic (exact) mass is 427 g/mol. The topological polar surface area (TPSA) is 61.4 Å². The minimum absolute atomic E-state index is 0.0531. The SMILES string of the molecule is Cc1ccc(NC(=O)CN(C)C(C)C(=O)Nc2cc(Cl)c(Cl)cc2Cl)cc1. The molecule has 2 amide bonds.